The van der Waals surface area contributed by atoms with Gasteiger partial charge < -0.3 is 0 Å². The third-order valence-electron chi connectivity index (χ3n) is 5.11. The second kappa shape index (κ2) is 8.26. The maximum absolute atomic E-state index is 2.26. The SMILES string of the molecule is c1ccc(-c2[te]c(-c3ccccc3)c(-c3ccccc3)c2-c2ccccc2)cc1. The molecule has 0 N–H and O–H groups in total. The van der Waals surface area contributed by atoms with Crippen LogP contribution in [0.15, 0.2) is 121 Å². The summed E-state index contributed by atoms with van der Waals surface area (Å²) >= 11 is -0.547. The van der Waals surface area contributed by atoms with Crippen LogP contribution in [0.5, 0.6) is 0 Å². The molecule has 29 heavy (non-hydrogen) atoms. The van der Waals surface area contributed by atoms with Gasteiger partial charge in [-0.15, -0.1) is 0 Å². The third-order valence-corrected chi connectivity index (χ3v) is 8.78. The number of hydrogen-bond acceptors (Lipinski definition) is 0. The average molecular weight is 484 g/mol. The van der Waals surface area contributed by atoms with Crippen LogP contribution in [0.2, 0.25) is 0 Å². The molecule has 0 saturated carbocycles. The van der Waals surface area contributed by atoms with E-state index in [9.17, 15) is 0 Å². The molecule has 4 aromatic carbocycles. The Labute approximate surface area is 181 Å². The first-order valence-corrected chi connectivity index (χ1v) is 12.1. The first-order valence-electron chi connectivity index (χ1n) is 9.80. The van der Waals surface area contributed by atoms with Crippen molar-refractivity contribution in [3.8, 4) is 40.5 Å². The van der Waals surface area contributed by atoms with Crippen LogP contribution in [0.3, 0.4) is 0 Å². The first kappa shape index (κ1) is 18.2. The molecule has 0 saturated heterocycles. The summed E-state index contributed by atoms with van der Waals surface area (Å²) in [7, 11) is 0. The minimum atomic E-state index is -0.547. The number of benzene rings is 4. The van der Waals surface area contributed by atoms with Crippen LogP contribution in [-0.4, -0.2) is 20.4 Å². The molecule has 0 radical (unpaired) electrons. The van der Waals surface area contributed by atoms with Gasteiger partial charge in [0.15, 0.2) is 0 Å². The fourth-order valence-corrected chi connectivity index (χ4v) is 7.65. The van der Waals surface area contributed by atoms with Crippen molar-refractivity contribution in [3.05, 3.63) is 121 Å². The zero-order chi connectivity index (χ0) is 19.5. The van der Waals surface area contributed by atoms with E-state index in [1.807, 2.05) is 0 Å². The van der Waals surface area contributed by atoms with Crippen LogP contribution in [0.1, 0.15) is 0 Å². The molecule has 1 heterocycles. The summed E-state index contributed by atoms with van der Waals surface area (Å²) in [6.45, 7) is 0. The Morgan fingerprint density at radius 3 is 0.897 bits per heavy atom. The van der Waals surface area contributed by atoms with E-state index in [0.717, 1.165) is 0 Å². The molecule has 1 heteroatoms. The number of hydrogen-bond donors (Lipinski definition) is 0. The quantitative estimate of drug-likeness (QED) is 0.233. The molecule has 0 amide bonds. The molecule has 0 fully saturated rings. The van der Waals surface area contributed by atoms with E-state index in [0.29, 0.717) is 0 Å². The van der Waals surface area contributed by atoms with Gasteiger partial charge in [0.25, 0.3) is 0 Å². The summed E-state index contributed by atoms with van der Waals surface area (Å²) in [5, 5.41) is 0. The van der Waals surface area contributed by atoms with Crippen molar-refractivity contribution < 1.29 is 0 Å². The van der Waals surface area contributed by atoms with Gasteiger partial charge in [0, 0.05) is 0 Å². The van der Waals surface area contributed by atoms with Gasteiger partial charge in [-0.1, -0.05) is 0 Å². The van der Waals surface area contributed by atoms with E-state index in [4.69, 9.17) is 0 Å². The van der Waals surface area contributed by atoms with E-state index >= 15 is 0 Å². The molecule has 0 nitrogen and oxygen atoms in total. The van der Waals surface area contributed by atoms with Crippen LogP contribution in [0, 0.1) is 0 Å². The molecule has 0 spiro atoms. The third kappa shape index (κ3) is 3.60. The van der Waals surface area contributed by atoms with Crippen LogP contribution in [0.25, 0.3) is 40.5 Å². The van der Waals surface area contributed by atoms with E-state index in [-0.39, 0.29) is 0 Å². The summed E-state index contributed by atoms with van der Waals surface area (Å²) in [5.74, 6) is 0. The van der Waals surface area contributed by atoms with E-state index in [1.54, 1.807) is 0 Å². The summed E-state index contributed by atoms with van der Waals surface area (Å²) in [6.07, 6.45) is 0. The zero-order valence-electron chi connectivity index (χ0n) is 16.0. The van der Waals surface area contributed by atoms with Crippen molar-refractivity contribution in [3.63, 3.8) is 0 Å². The van der Waals surface area contributed by atoms with Crippen molar-refractivity contribution in [2.24, 2.45) is 0 Å². The Morgan fingerprint density at radius 1 is 0.310 bits per heavy atom. The molecule has 0 atom stereocenters. The van der Waals surface area contributed by atoms with Gasteiger partial charge in [0.1, 0.15) is 0 Å². The number of rotatable bonds is 4. The predicted octanol–water partition coefficient (Wildman–Crippen LogP) is 7.41. The first-order chi connectivity index (χ1) is 14.4. The Balaban J connectivity index is 1.89. The van der Waals surface area contributed by atoms with E-state index in [1.165, 1.54) is 40.5 Å². The maximum atomic E-state index is 2.26. The second-order valence-electron chi connectivity index (χ2n) is 6.97. The fraction of sp³-hybridized carbons (Fsp3) is 0. The molecule has 0 aliphatic heterocycles. The molecule has 5 aromatic rings. The van der Waals surface area contributed by atoms with Gasteiger partial charge in [0.2, 0.25) is 0 Å². The van der Waals surface area contributed by atoms with Gasteiger partial charge in [-0.2, -0.15) is 0 Å². The Hall–Kier alpha value is -2.85. The Bertz CT molecular complexity index is 1110. The molecule has 5 rings (SSSR count). The molecule has 1 aromatic heterocycles. The summed E-state index contributed by atoms with van der Waals surface area (Å²) in [5.41, 5.74) is 8.14. The fourth-order valence-electron chi connectivity index (χ4n) is 3.78. The average Bonchev–Trinajstić information content (AvgIpc) is 3.22. The molecule has 0 unspecified atom stereocenters. The van der Waals surface area contributed by atoms with E-state index < -0.39 is 20.4 Å². The van der Waals surface area contributed by atoms with Gasteiger partial charge in [-0.3, -0.25) is 0 Å². The summed E-state index contributed by atoms with van der Waals surface area (Å²) < 4.78 is 3.06. The van der Waals surface area contributed by atoms with Crippen molar-refractivity contribution in [2.45, 2.75) is 0 Å². The molecular weight excluding hydrogens is 464 g/mol. The zero-order valence-corrected chi connectivity index (χ0v) is 18.3. The topological polar surface area (TPSA) is 0 Å². The summed E-state index contributed by atoms with van der Waals surface area (Å²) in [6, 6.07) is 43.7. The minimum absolute atomic E-state index is 0.547. The van der Waals surface area contributed by atoms with Crippen LogP contribution >= 0.6 is 0 Å². The predicted molar refractivity (Wildman–Crippen MR) is 125 cm³/mol. The summed E-state index contributed by atoms with van der Waals surface area (Å²) in [4.78, 5) is 0. The Kier molecular flexibility index (Phi) is 5.18. The molecule has 138 valence electrons. The molecule has 0 aliphatic rings. The molecule has 0 bridgehead atoms. The normalized spacial score (nSPS) is 10.8. The molecular formula is C28H20Te. The van der Waals surface area contributed by atoms with E-state index in [2.05, 4.69) is 121 Å². The van der Waals surface area contributed by atoms with Crippen LogP contribution in [-0.2, 0) is 0 Å². The van der Waals surface area contributed by atoms with Crippen molar-refractivity contribution in [1.29, 1.82) is 0 Å². The molecule has 0 aliphatic carbocycles. The van der Waals surface area contributed by atoms with Crippen molar-refractivity contribution in [2.75, 3.05) is 0 Å². The standard InChI is InChI=1S/C28H20Te/c1-5-13-21(14-6-1)25-26(22-15-7-2-8-16-22)28(24-19-11-4-12-20-24)29-27(25)23-17-9-3-10-18-23/h1-20H. The van der Waals surface area contributed by atoms with Gasteiger partial charge in [-0.25, -0.2) is 0 Å². The van der Waals surface area contributed by atoms with Crippen LogP contribution < -0.4 is 0 Å². The van der Waals surface area contributed by atoms with Crippen LogP contribution in [0.4, 0.5) is 0 Å². The van der Waals surface area contributed by atoms with Gasteiger partial charge >= 0.3 is 182 Å². The van der Waals surface area contributed by atoms with Crippen molar-refractivity contribution >= 4 is 20.4 Å². The van der Waals surface area contributed by atoms with Crippen molar-refractivity contribution in [1.82, 2.24) is 0 Å². The Morgan fingerprint density at radius 2 is 0.586 bits per heavy atom. The monoisotopic (exact) mass is 486 g/mol. The van der Waals surface area contributed by atoms with Gasteiger partial charge in [0.05, 0.1) is 0 Å². The van der Waals surface area contributed by atoms with Gasteiger partial charge in [-0.05, 0) is 0 Å². The second-order valence-corrected chi connectivity index (χ2v) is 9.89.